The van der Waals surface area contributed by atoms with Crippen LogP contribution in [0.25, 0.3) is 10.7 Å². The first-order valence-corrected chi connectivity index (χ1v) is 14.7. The highest BCUT2D eigenvalue weighted by molar-refractivity contribution is 7.99. The van der Waals surface area contributed by atoms with Crippen molar-refractivity contribution in [2.24, 2.45) is 17.8 Å². The molecule has 1 amide bonds. The summed E-state index contributed by atoms with van der Waals surface area (Å²) in [5.41, 5.74) is 1.23. The van der Waals surface area contributed by atoms with Gasteiger partial charge in [-0.1, -0.05) is 42.4 Å². The van der Waals surface area contributed by atoms with Crippen molar-refractivity contribution < 1.29 is 4.79 Å². The van der Waals surface area contributed by atoms with E-state index in [2.05, 4.69) is 68.4 Å². The van der Waals surface area contributed by atoms with Gasteiger partial charge in [0.15, 0.2) is 11.0 Å². The smallest absolute Gasteiger partial charge is 0.233 e. The first-order chi connectivity index (χ1) is 17.2. The number of rotatable bonds is 7. The quantitative estimate of drug-likeness (QED) is 0.398. The number of hydrogen-bond donors (Lipinski definition) is 0. The van der Waals surface area contributed by atoms with Crippen molar-refractivity contribution in [2.75, 3.05) is 36.8 Å². The van der Waals surface area contributed by atoms with Crippen molar-refractivity contribution in [3.8, 4) is 10.7 Å². The molecule has 3 aromatic rings. The summed E-state index contributed by atoms with van der Waals surface area (Å²) in [6.07, 6.45) is 5.48. The van der Waals surface area contributed by atoms with Gasteiger partial charge in [-0.3, -0.25) is 9.36 Å². The van der Waals surface area contributed by atoms with Gasteiger partial charge in [0, 0.05) is 37.9 Å². The lowest BCUT2D eigenvalue weighted by Crippen LogP contribution is -2.49. The van der Waals surface area contributed by atoms with Crippen LogP contribution >= 0.6 is 23.1 Å². The topological polar surface area (TPSA) is 54.3 Å². The Morgan fingerprint density at radius 3 is 2.57 bits per heavy atom. The zero-order valence-corrected chi connectivity index (χ0v) is 21.9. The molecule has 8 heteroatoms. The first kappa shape index (κ1) is 23.1. The van der Waals surface area contributed by atoms with Crippen molar-refractivity contribution in [3.63, 3.8) is 0 Å². The number of piperazine rings is 1. The van der Waals surface area contributed by atoms with Crippen LogP contribution in [0.15, 0.2) is 53.0 Å². The van der Waals surface area contributed by atoms with Crippen molar-refractivity contribution in [3.05, 3.63) is 47.8 Å². The zero-order chi connectivity index (χ0) is 23.8. The van der Waals surface area contributed by atoms with Crippen LogP contribution in [0, 0.1) is 17.8 Å². The number of carbonyl (C=O) groups excluding carboxylic acids is 1. The molecule has 2 aliphatic carbocycles. The van der Waals surface area contributed by atoms with Gasteiger partial charge in [-0.2, -0.15) is 0 Å². The number of thioether (sulfide) groups is 1. The number of fused-ring (bicyclic) bond motifs is 2. The maximum absolute atomic E-state index is 13.1. The van der Waals surface area contributed by atoms with Crippen LogP contribution in [0.3, 0.4) is 0 Å². The monoisotopic (exact) mass is 507 g/mol. The Hall–Kier alpha value is -2.32. The van der Waals surface area contributed by atoms with Crippen molar-refractivity contribution >= 4 is 34.7 Å². The largest absolute Gasteiger partial charge is 0.368 e. The van der Waals surface area contributed by atoms with E-state index in [1.807, 2.05) is 11.0 Å². The molecule has 2 bridgehead atoms. The molecular formula is C27H33N5OS2. The molecule has 0 spiro atoms. The van der Waals surface area contributed by atoms with Crippen LogP contribution in [0.2, 0.25) is 0 Å². The fraction of sp³-hybridized carbons (Fsp3) is 0.519. The Morgan fingerprint density at radius 1 is 1.06 bits per heavy atom. The molecule has 4 atom stereocenters. The van der Waals surface area contributed by atoms with Crippen LogP contribution in [0.1, 0.15) is 38.6 Å². The molecule has 2 saturated carbocycles. The van der Waals surface area contributed by atoms with Gasteiger partial charge in [0.2, 0.25) is 5.91 Å². The standard InChI is InChI=1S/C27H33N5OS2/c1-19(23-17-20-9-10-21(23)16-20)32-26(24-8-5-15-34-24)28-29-27(32)35-18-25(33)31-13-11-30(12-14-31)22-6-3-2-4-7-22/h2-8,15,19-21,23H,9-14,16-18H2,1H3/t19-,20+,21+,23+/m0/s1. The molecule has 1 aliphatic heterocycles. The van der Waals surface area contributed by atoms with E-state index in [0.29, 0.717) is 17.7 Å². The molecule has 0 radical (unpaired) electrons. The Morgan fingerprint density at radius 2 is 1.89 bits per heavy atom. The molecule has 3 aliphatic rings. The highest BCUT2D eigenvalue weighted by atomic mass is 32.2. The van der Waals surface area contributed by atoms with E-state index >= 15 is 0 Å². The first-order valence-electron chi connectivity index (χ1n) is 12.9. The second kappa shape index (κ2) is 9.97. The summed E-state index contributed by atoms with van der Waals surface area (Å²) in [7, 11) is 0. The molecule has 0 N–H and O–H groups in total. The summed E-state index contributed by atoms with van der Waals surface area (Å²) in [4.78, 5) is 18.6. The van der Waals surface area contributed by atoms with Gasteiger partial charge < -0.3 is 9.80 Å². The van der Waals surface area contributed by atoms with E-state index in [4.69, 9.17) is 0 Å². The maximum atomic E-state index is 13.1. The maximum Gasteiger partial charge on any atom is 0.233 e. The van der Waals surface area contributed by atoms with Crippen molar-refractivity contribution in [2.45, 2.75) is 43.8 Å². The predicted molar refractivity (Wildman–Crippen MR) is 143 cm³/mol. The molecular weight excluding hydrogens is 474 g/mol. The van der Waals surface area contributed by atoms with E-state index in [0.717, 1.165) is 53.9 Å². The summed E-state index contributed by atoms with van der Waals surface area (Å²) in [5.74, 6) is 3.99. The Kier molecular flexibility index (Phi) is 6.58. The van der Waals surface area contributed by atoms with Gasteiger partial charge >= 0.3 is 0 Å². The van der Waals surface area contributed by atoms with Gasteiger partial charge in [0.1, 0.15) is 0 Å². The Bertz CT molecular complexity index is 1140. The van der Waals surface area contributed by atoms with E-state index in [-0.39, 0.29) is 5.91 Å². The summed E-state index contributed by atoms with van der Waals surface area (Å²) in [5, 5.41) is 12.2. The fourth-order valence-corrected chi connectivity index (χ4v) is 8.09. The SMILES string of the molecule is C[C@@H]([C@H]1C[C@@H]2CC[C@@H]1C2)n1c(SCC(=O)N2CCN(c3ccccc3)CC2)nnc1-c1cccs1. The van der Waals surface area contributed by atoms with Crippen LogP contribution in [-0.4, -0.2) is 57.5 Å². The fourth-order valence-electron chi connectivity index (χ4n) is 6.46. The van der Waals surface area contributed by atoms with E-state index in [9.17, 15) is 4.79 Å². The minimum Gasteiger partial charge on any atom is -0.368 e. The summed E-state index contributed by atoms with van der Waals surface area (Å²) < 4.78 is 2.35. The van der Waals surface area contributed by atoms with Crippen LogP contribution in [0.4, 0.5) is 5.69 Å². The molecule has 3 fully saturated rings. The second-order valence-corrected chi connectivity index (χ2v) is 12.1. The number of amides is 1. The number of para-hydroxylation sites is 1. The third-order valence-corrected chi connectivity index (χ3v) is 10.1. The lowest BCUT2D eigenvalue weighted by atomic mass is 9.84. The number of hydrogen-bond acceptors (Lipinski definition) is 6. The van der Waals surface area contributed by atoms with Crippen molar-refractivity contribution in [1.82, 2.24) is 19.7 Å². The van der Waals surface area contributed by atoms with E-state index in [1.54, 1.807) is 23.1 Å². The molecule has 6 nitrogen and oxygen atoms in total. The molecule has 184 valence electrons. The predicted octanol–water partition coefficient (Wildman–Crippen LogP) is 5.44. The number of nitrogens with zero attached hydrogens (tertiary/aromatic N) is 5. The average molecular weight is 508 g/mol. The molecule has 0 unspecified atom stereocenters. The molecule has 1 aromatic carbocycles. The normalized spacial score (nSPS) is 24.8. The van der Waals surface area contributed by atoms with Crippen LogP contribution < -0.4 is 4.90 Å². The number of carbonyl (C=O) groups is 1. The summed E-state index contributed by atoms with van der Waals surface area (Å²) in [6.45, 7) is 5.63. The van der Waals surface area contributed by atoms with Crippen LogP contribution in [0.5, 0.6) is 0 Å². The van der Waals surface area contributed by atoms with Gasteiger partial charge in [0.05, 0.1) is 10.6 Å². The van der Waals surface area contributed by atoms with Gasteiger partial charge in [-0.05, 0) is 67.5 Å². The van der Waals surface area contributed by atoms with E-state index in [1.165, 1.54) is 31.4 Å². The number of thiophene rings is 1. The summed E-state index contributed by atoms with van der Waals surface area (Å²) >= 11 is 3.27. The van der Waals surface area contributed by atoms with Gasteiger partial charge in [-0.15, -0.1) is 21.5 Å². The minimum atomic E-state index is 0.197. The number of benzene rings is 1. The average Bonchev–Trinajstić information content (AvgIpc) is 3.72. The second-order valence-electron chi connectivity index (χ2n) is 10.2. The number of anilines is 1. The molecule has 6 rings (SSSR count). The lowest BCUT2D eigenvalue weighted by molar-refractivity contribution is -0.128. The van der Waals surface area contributed by atoms with Crippen molar-refractivity contribution in [1.29, 1.82) is 0 Å². The zero-order valence-electron chi connectivity index (χ0n) is 20.3. The van der Waals surface area contributed by atoms with E-state index < -0.39 is 0 Å². The number of aromatic nitrogens is 3. The minimum absolute atomic E-state index is 0.197. The molecule has 1 saturated heterocycles. The third-order valence-electron chi connectivity index (χ3n) is 8.30. The molecule has 2 aromatic heterocycles. The Balaban J connectivity index is 1.14. The molecule has 35 heavy (non-hydrogen) atoms. The third kappa shape index (κ3) is 4.62. The lowest BCUT2D eigenvalue weighted by Gasteiger charge is -2.36. The van der Waals surface area contributed by atoms with Gasteiger partial charge in [-0.25, -0.2) is 0 Å². The summed E-state index contributed by atoms with van der Waals surface area (Å²) in [6, 6.07) is 15.0. The highest BCUT2D eigenvalue weighted by Gasteiger charge is 2.43. The van der Waals surface area contributed by atoms with Crippen LogP contribution in [-0.2, 0) is 4.79 Å². The Labute approximate surface area is 215 Å². The molecule has 3 heterocycles. The van der Waals surface area contributed by atoms with Gasteiger partial charge in [0.25, 0.3) is 0 Å². The highest BCUT2D eigenvalue weighted by Crippen LogP contribution is 2.53.